The Balaban J connectivity index is 2.57. The molecule has 0 spiro atoms. The van der Waals surface area contributed by atoms with E-state index in [1.54, 1.807) is 7.11 Å². The van der Waals surface area contributed by atoms with Crippen molar-refractivity contribution in [2.24, 2.45) is 0 Å². The summed E-state index contributed by atoms with van der Waals surface area (Å²) in [5.41, 5.74) is 1.37. The van der Waals surface area contributed by atoms with E-state index in [-0.39, 0.29) is 12.1 Å². The molecule has 0 aromatic heterocycles. The second-order valence-electron chi connectivity index (χ2n) is 6.49. The van der Waals surface area contributed by atoms with Gasteiger partial charge in [-0.25, -0.2) is 4.79 Å². The Bertz CT molecular complexity index is 466. The molecule has 0 radical (unpaired) electrons. The number of carbonyl (C=O) groups is 1. The quantitative estimate of drug-likeness (QED) is 0.841. The fourth-order valence-electron chi connectivity index (χ4n) is 2.10. The van der Waals surface area contributed by atoms with Crippen LogP contribution in [0.25, 0.3) is 0 Å². The summed E-state index contributed by atoms with van der Waals surface area (Å²) in [6, 6.07) is 8.21. The molecule has 124 valence electrons. The highest BCUT2D eigenvalue weighted by Gasteiger charge is 2.16. The molecule has 22 heavy (non-hydrogen) atoms. The van der Waals surface area contributed by atoms with Crippen molar-refractivity contribution in [1.82, 2.24) is 5.32 Å². The standard InChI is InChI=1S/C17H28N2O3/c1-12(11-21-6)18-13(2)14-7-9-15(10-8-14)19-16(20)22-17(3,4)5/h7-10,12-13,18H,11H2,1-6H3,(H,19,20). The lowest BCUT2D eigenvalue weighted by molar-refractivity contribution is 0.0636. The molecule has 0 saturated heterocycles. The van der Waals surface area contributed by atoms with Crippen LogP contribution in [0, 0.1) is 0 Å². The number of hydrogen-bond donors (Lipinski definition) is 2. The van der Waals surface area contributed by atoms with Gasteiger partial charge in [0.25, 0.3) is 0 Å². The third-order valence-electron chi connectivity index (χ3n) is 3.01. The van der Waals surface area contributed by atoms with E-state index in [1.165, 1.54) is 0 Å². The second kappa shape index (κ2) is 8.15. The van der Waals surface area contributed by atoms with E-state index in [0.717, 1.165) is 11.3 Å². The van der Waals surface area contributed by atoms with Crippen molar-refractivity contribution in [3.8, 4) is 0 Å². The highest BCUT2D eigenvalue weighted by atomic mass is 16.6. The maximum absolute atomic E-state index is 11.7. The van der Waals surface area contributed by atoms with Crippen LogP contribution in [0.2, 0.25) is 0 Å². The zero-order valence-corrected chi connectivity index (χ0v) is 14.4. The molecule has 2 N–H and O–H groups in total. The largest absolute Gasteiger partial charge is 0.444 e. The molecule has 0 fully saturated rings. The summed E-state index contributed by atoms with van der Waals surface area (Å²) >= 11 is 0. The molecule has 0 aliphatic rings. The van der Waals surface area contributed by atoms with Crippen molar-refractivity contribution < 1.29 is 14.3 Å². The smallest absolute Gasteiger partial charge is 0.412 e. The van der Waals surface area contributed by atoms with Gasteiger partial charge in [-0.3, -0.25) is 5.32 Å². The second-order valence-corrected chi connectivity index (χ2v) is 6.49. The Kier molecular flexibility index (Phi) is 6.84. The van der Waals surface area contributed by atoms with Crippen molar-refractivity contribution >= 4 is 11.8 Å². The SMILES string of the molecule is COCC(C)NC(C)c1ccc(NC(=O)OC(C)(C)C)cc1. The number of ether oxygens (including phenoxy) is 2. The first-order valence-corrected chi connectivity index (χ1v) is 7.56. The van der Waals surface area contributed by atoms with E-state index in [0.29, 0.717) is 6.61 Å². The molecule has 0 bridgehead atoms. The van der Waals surface area contributed by atoms with E-state index >= 15 is 0 Å². The normalized spacial score (nSPS) is 14.3. The molecular formula is C17H28N2O3. The number of methoxy groups -OCH3 is 1. The van der Waals surface area contributed by atoms with Gasteiger partial charge >= 0.3 is 6.09 Å². The fourth-order valence-corrected chi connectivity index (χ4v) is 2.10. The number of amides is 1. The van der Waals surface area contributed by atoms with Crippen LogP contribution in [0.3, 0.4) is 0 Å². The first-order valence-electron chi connectivity index (χ1n) is 7.56. The summed E-state index contributed by atoms with van der Waals surface area (Å²) in [6.07, 6.45) is -0.444. The highest BCUT2D eigenvalue weighted by Crippen LogP contribution is 2.17. The van der Waals surface area contributed by atoms with E-state index < -0.39 is 11.7 Å². The first kappa shape index (κ1) is 18.5. The molecule has 0 saturated carbocycles. The number of anilines is 1. The van der Waals surface area contributed by atoms with Gasteiger partial charge in [0.05, 0.1) is 6.61 Å². The minimum atomic E-state index is -0.500. The van der Waals surface area contributed by atoms with Crippen LogP contribution in [-0.2, 0) is 9.47 Å². The lowest BCUT2D eigenvalue weighted by Gasteiger charge is -2.21. The summed E-state index contributed by atoms with van der Waals surface area (Å²) in [4.78, 5) is 11.7. The number of hydrogen-bond acceptors (Lipinski definition) is 4. The summed E-state index contributed by atoms with van der Waals surface area (Å²) < 4.78 is 10.3. The van der Waals surface area contributed by atoms with Gasteiger partial charge in [-0.2, -0.15) is 0 Å². The predicted octanol–water partition coefficient (Wildman–Crippen LogP) is 3.72. The first-order chi connectivity index (χ1) is 10.2. The topological polar surface area (TPSA) is 59.6 Å². The van der Waals surface area contributed by atoms with Gasteiger partial charge in [0.1, 0.15) is 5.60 Å². The molecular weight excluding hydrogens is 280 g/mol. The molecule has 0 aliphatic heterocycles. The molecule has 1 amide bonds. The molecule has 0 heterocycles. The van der Waals surface area contributed by atoms with Crippen molar-refractivity contribution in [1.29, 1.82) is 0 Å². The number of benzene rings is 1. The zero-order valence-electron chi connectivity index (χ0n) is 14.4. The highest BCUT2D eigenvalue weighted by molar-refractivity contribution is 5.84. The molecule has 1 aromatic carbocycles. The van der Waals surface area contributed by atoms with Crippen LogP contribution in [0.1, 0.15) is 46.2 Å². The lowest BCUT2D eigenvalue weighted by atomic mass is 10.1. The predicted molar refractivity (Wildman–Crippen MR) is 89.2 cm³/mol. The van der Waals surface area contributed by atoms with Gasteiger partial charge in [-0.05, 0) is 52.3 Å². The molecule has 2 atom stereocenters. The maximum Gasteiger partial charge on any atom is 0.412 e. The zero-order chi connectivity index (χ0) is 16.8. The third-order valence-corrected chi connectivity index (χ3v) is 3.01. The van der Waals surface area contributed by atoms with Crippen LogP contribution in [0.4, 0.5) is 10.5 Å². The molecule has 5 nitrogen and oxygen atoms in total. The number of carbonyl (C=O) groups excluding carboxylic acids is 1. The molecule has 1 aromatic rings. The van der Waals surface area contributed by atoms with E-state index in [2.05, 4.69) is 24.5 Å². The van der Waals surface area contributed by atoms with Crippen molar-refractivity contribution in [2.75, 3.05) is 19.0 Å². The molecule has 5 heteroatoms. The van der Waals surface area contributed by atoms with Crippen LogP contribution in [-0.4, -0.2) is 31.5 Å². The summed E-state index contributed by atoms with van der Waals surface area (Å²) in [5, 5.41) is 6.18. The average molecular weight is 308 g/mol. The average Bonchev–Trinajstić information content (AvgIpc) is 2.37. The number of rotatable bonds is 6. The Morgan fingerprint density at radius 2 is 1.77 bits per heavy atom. The lowest BCUT2D eigenvalue weighted by Crippen LogP contribution is -2.32. The van der Waals surface area contributed by atoms with Crippen LogP contribution in [0.15, 0.2) is 24.3 Å². The van der Waals surface area contributed by atoms with Crippen LogP contribution < -0.4 is 10.6 Å². The minimum Gasteiger partial charge on any atom is -0.444 e. The van der Waals surface area contributed by atoms with E-state index in [9.17, 15) is 4.79 Å². The van der Waals surface area contributed by atoms with Gasteiger partial charge in [0.15, 0.2) is 0 Å². The van der Waals surface area contributed by atoms with Gasteiger partial charge in [0.2, 0.25) is 0 Å². The Hall–Kier alpha value is -1.59. The van der Waals surface area contributed by atoms with Crippen molar-refractivity contribution in [3.63, 3.8) is 0 Å². The summed E-state index contributed by atoms with van der Waals surface area (Å²) in [6.45, 7) is 10.4. The van der Waals surface area contributed by atoms with Crippen LogP contribution in [0.5, 0.6) is 0 Å². The third kappa shape index (κ3) is 6.91. The maximum atomic E-state index is 11.7. The van der Waals surface area contributed by atoms with Gasteiger partial charge in [0, 0.05) is 24.9 Å². The number of nitrogens with one attached hydrogen (secondary N) is 2. The van der Waals surface area contributed by atoms with E-state index in [4.69, 9.17) is 9.47 Å². The molecule has 1 rings (SSSR count). The minimum absolute atomic E-state index is 0.209. The van der Waals surface area contributed by atoms with Gasteiger partial charge < -0.3 is 14.8 Å². The molecule has 0 aliphatic carbocycles. The van der Waals surface area contributed by atoms with Crippen LogP contribution >= 0.6 is 0 Å². The Morgan fingerprint density at radius 1 is 1.18 bits per heavy atom. The van der Waals surface area contributed by atoms with Gasteiger partial charge in [-0.1, -0.05) is 12.1 Å². The summed E-state index contributed by atoms with van der Waals surface area (Å²) in [5.74, 6) is 0. The fraction of sp³-hybridized carbons (Fsp3) is 0.588. The Morgan fingerprint density at radius 3 is 2.27 bits per heavy atom. The van der Waals surface area contributed by atoms with Crippen molar-refractivity contribution in [2.45, 2.75) is 52.3 Å². The van der Waals surface area contributed by atoms with E-state index in [1.807, 2.05) is 45.0 Å². The summed E-state index contributed by atoms with van der Waals surface area (Å²) in [7, 11) is 1.69. The van der Waals surface area contributed by atoms with Gasteiger partial charge in [-0.15, -0.1) is 0 Å². The monoisotopic (exact) mass is 308 g/mol. The molecule has 2 unspecified atom stereocenters. The van der Waals surface area contributed by atoms with Crippen molar-refractivity contribution in [3.05, 3.63) is 29.8 Å². The Labute approximate surface area is 133 Å².